The van der Waals surface area contributed by atoms with Crippen molar-refractivity contribution in [1.29, 1.82) is 0 Å². The molecule has 0 spiro atoms. The van der Waals surface area contributed by atoms with Crippen LogP contribution in [0, 0.1) is 0 Å². The van der Waals surface area contributed by atoms with Gasteiger partial charge in [0.05, 0.1) is 16.5 Å². The summed E-state index contributed by atoms with van der Waals surface area (Å²) in [6.07, 6.45) is -0.569. The Kier molecular flexibility index (Phi) is 6.50. The molecule has 0 aliphatic heterocycles. The van der Waals surface area contributed by atoms with Crippen LogP contribution in [0.2, 0.25) is 10.0 Å². The van der Waals surface area contributed by atoms with Crippen LogP contribution < -0.4 is 5.32 Å². The molecule has 122 valence electrons. The average Bonchev–Trinajstić information content (AvgIpc) is 2.30. The molecule has 0 bridgehead atoms. The summed E-state index contributed by atoms with van der Waals surface area (Å²) in [5.74, 6) is -1.01. The molecular formula is C15H19Cl2NO4. The third-order valence-electron chi connectivity index (χ3n) is 2.61. The first-order valence-corrected chi connectivity index (χ1v) is 7.47. The zero-order chi connectivity index (χ0) is 16.9. The number of carbonyl (C=O) groups excluding carboxylic acids is 1. The number of aliphatic carboxylic acids is 1. The third-order valence-corrected chi connectivity index (χ3v) is 3.35. The first-order chi connectivity index (χ1) is 10.1. The van der Waals surface area contributed by atoms with Crippen molar-refractivity contribution in [1.82, 2.24) is 5.32 Å². The van der Waals surface area contributed by atoms with Gasteiger partial charge in [-0.15, -0.1) is 0 Å². The van der Waals surface area contributed by atoms with E-state index < -0.39 is 23.7 Å². The first kappa shape index (κ1) is 18.6. The Labute approximate surface area is 139 Å². The van der Waals surface area contributed by atoms with Gasteiger partial charge in [-0.25, -0.2) is 4.79 Å². The van der Waals surface area contributed by atoms with Crippen LogP contribution in [0.25, 0.3) is 0 Å². The number of amides is 1. The normalized spacial score (nSPS) is 12.6. The van der Waals surface area contributed by atoms with Gasteiger partial charge in [0.15, 0.2) is 0 Å². The van der Waals surface area contributed by atoms with E-state index in [1.807, 2.05) is 0 Å². The summed E-state index contributed by atoms with van der Waals surface area (Å²) in [7, 11) is 0. The molecule has 1 amide bonds. The number of rotatable bonds is 5. The molecule has 2 N–H and O–H groups in total. The van der Waals surface area contributed by atoms with Gasteiger partial charge in [-0.1, -0.05) is 29.3 Å². The number of halogens is 2. The minimum absolute atomic E-state index is 0.223. The molecule has 0 aliphatic carbocycles. The van der Waals surface area contributed by atoms with Gasteiger partial charge in [0.2, 0.25) is 0 Å². The molecule has 1 aromatic carbocycles. The van der Waals surface area contributed by atoms with E-state index in [1.54, 1.807) is 39.0 Å². The summed E-state index contributed by atoms with van der Waals surface area (Å²) >= 11 is 11.8. The highest BCUT2D eigenvalue weighted by Gasteiger charge is 2.21. The SMILES string of the molecule is CC(C)(C)OC(=O)N[C@@H](CC(=O)O)Cc1ccc(Cl)c(Cl)c1. The highest BCUT2D eigenvalue weighted by Crippen LogP contribution is 2.23. The standard InChI is InChI=1S/C15H19Cl2NO4/c1-15(2,3)22-14(21)18-10(8-13(19)20)6-9-4-5-11(16)12(17)7-9/h4-5,7,10H,6,8H2,1-3H3,(H,18,21)(H,19,20)/t10-/m1/s1. The van der Waals surface area contributed by atoms with E-state index >= 15 is 0 Å². The van der Waals surface area contributed by atoms with Gasteiger partial charge in [-0.05, 0) is 44.9 Å². The predicted molar refractivity (Wildman–Crippen MR) is 85.6 cm³/mol. The lowest BCUT2D eigenvalue weighted by Gasteiger charge is -2.23. The third kappa shape index (κ3) is 7.00. The van der Waals surface area contributed by atoms with E-state index in [9.17, 15) is 9.59 Å². The number of hydrogen-bond donors (Lipinski definition) is 2. The van der Waals surface area contributed by atoms with E-state index in [2.05, 4.69) is 5.32 Å². The second-order valence-corrected chi connectivity index (χ2v) is 6.71. The van der Waals surface area contributed by atoms with Crippen molar-refractivity contribution in [3.8, 4) is 0 Å². The molecule has 0 saturated heterocycles. The number of carboxylic acids is 1. The second kappa shape index (κ2) is 7.70. The number of hydrogen-bond acceptors (Lipinski definition) is 3. The number of benzene rings is 1. The van der Waals surface area contributed by atoms with Crippen LogP contribution in [0.15, 0.2) is 18.2 Å². The smallest absolute Gasteiger partial charge is 0.407 e. The predicted octanol–water partition coefficient (Wildman–Crippen LogP) is 3.90. The Bertz CT molecular complexity index is 555. The maximum Gasteiger partial charge on any atom is 0.407 e. The molecule has 0 fully saturated rings. The molecule has 0 heterocycles. The molecule has 0 radical (unpaired) electrons. The maximum atomic E-state index is 11.8. The van der Waals surface area contributed by atoms with Crippen LogP contribution in [0.3, 0.4) is 0 Å². The highest BCUT2D eigenvalue weighted by molar-refractivity contribution is 6.42. The van der Waals surface area contributed by atoms with Crippen molar-refractivity contribution < 1.29 is 19.4 Å². The van der Waals surface area contributed by atoms with Crippen molar-refractivity contribution in [3.05, 3.63) is 33.8 Å². The van der Waals surface area contributed by atoms with Gasteiger partial charge in [0.1, 0.15) is 5.60 Å². The lowest BCUT2D eigenvalue weighted by Crippen LogP contribution is -2.41. The van der Waals surface area contributed by atoms with Crippen molar-refractivity contribution in [3.63, 3.8) is 0 Å². The fraction of sp³-hybridized carbons (Fsp3) is 0.467. The number of alkyl carbamates (subject to hydrolysis) is 1. The molecule has 0 aromatic heterocycles. The number of ether oxygens (including phenoxy) is 1. The molecule has 1 rings (SSSR count). The molecule has 0 saturated carbocycles. The summed E-state index contributed by atoms with van der Waals surface area (Å²) in [6, 6.07) is 4.41. The zero-order valence-corrected chi connectivity index (χ0v) is 14.2. The Balaban J connectivity index is 2.77. The number of carboxylic acid groups (broad SMARTS) is 1. The topological polar surface area (TPSA) is 75.6 Å². The van der Waals surface area contributed by atoms with Gasteiger partial charge < -0.3 is 15.2 Å². The van der Waals surface area contributed by atoms with Crippen molar-refractivity contribution >= 4 is 35.3 Å². The molecule has 1 atom stereocenters. The summed E-state index contributed by atoms with van der Waals surface area (Å²) in [6.45, 7) is 5.20. The molecule has 0 unspecified atom stereocenters. The van der Waals surface area contributed by atoms with Crippen LogP contribution in [0.4, 0.5) is 4.79 Å². The van der Waals surface area contributed by atoms with Gasteiger partial charge in [-0.3, -0.25) is 4.79 Å². The lowest BCUT2D eigenvalue weighted by molar-refractivity contribution is -0.137. The van der Waals surface area contributed by atoms with Crippen LogP contribution in [0.1, 0.15) is 32.8 Å². The van der Waals surface area contributed by atoms with Crippen molar-refractivity contribution in [2.45, 2.75) is 45.3 Å². The van der Waals surface area contributed by atoms with E-state index in [0.717, 1.165) is 5.56 Å². The minimum atomic E-state index is -1.01. The van der Waals surface area contributed by atoms with Gasteiger partial charge in [0, 0.05) is 6.04 Å². The highest BCUT2D eigenvalue weighted by atomic mass is 35.5. The van der Waals surface area contributed by atoms with Crippen molar-refractivity contribution in [2.75, 3.05) is 0 Å². The Morgan fingerprint density at radius 1 is 1.27 bits per heavy atom. The van der Waals surface area contributed by atoms with E-state index in [-0.39, 0.29) is 6.42 Å². The van der Waals surface area contributed by atoms with Gasteiger partial charge in [-0.2, -0.15) is 0 Å². The minimum Gasteiger partial charge on any atom is -0.481 e. The van der Waals surface area contributed by atoms with Crippen LogP contribution in [-0.2, 0) is 16.0 Å². The van der Waals surface area contributed by atoms with E-state index in [0.29, 0.717) is 16.5 Å². The first-order valence-electron chi connectivity index (χ1n) is 6.72. The summed E-state index contributed by atoms with van der Waals surface area (Å²) in [4.78, 5) is 22.7. The van der Waals surface area contributed by atoms with Crippen LogP contribution in [-0.4, -0.2) is 28.8 Å². The molecule has 5 nitrogen and oxygen atoms in total. The van der Waals surface area contributed by atoms with Crippen LogP contribution in [0.5, 0.6) is 0 Å². The number of nitrogens with one attached hydrogen (secondary N) is 1. The molecular weight excluding hydrogens is 329 g/mol. The molecule has 22 heavy (non-hydrogen) atoms. The summed E-state index contributed by atoms with van der Waals surface area (Å²) in [5.41, 5.74) is 0.123. The fourth-order valence-electron chi connectivity index (χ4n) is 1.81. The van der Waals surface area contributed by atoms with Crippen molar-refractivity contribution in [2.24, 2.45) is 0 Å². The largest absolute Gasteiger partial charge is 0.481 e. The Morgan fingerprint density at radius 2 is 1.91 bits per heavy atom. The zero-order valence-electron chi connectivity index (χ0n) is 12.7. The van der Waals surface area contributed by atoms with E-state index in [1.165, 1.54) is 0 Å². The number of carbonyl (C=O) groups is 2. The quantitative estimate of drug-likeness (QED) is 0.846. The monoisotopic (exact) mass is 347 g/mol. The average molecular weight is 348 g/mol. The summed E-state index contributed by atoms with van der Waals surface area (Å²) in [5, 5.41) is 12.3. The Hall–Kier alpha value is -1.46. The Morgan fingerprint density at radius 3 is 2.41 bits per heavy atom. The fourth-order valence-corrected chi connectivity index (χ4v) is 2.13. The summed E-state index contributed by atoms with van der Waals surface area (Å²) < 4.78 is 5.14. The molecule has 0 aliphatic rings. The van der Waals surface area contributed by atoms with Gasteiger partial charge in [0.25, 0.3) is 0 Å². The lowest BCUT2D eigenvalue weighted by atomic mass is 10.0. The molecule has 1 aromatic rings. The maximum absolute atomic E-state index is 11.8. The second-order valence-electron chi connectivity index (χ2n) is 5.89. The molecule has 7 heteroatoms. The van der Waals surface area contributed by atoms with E-state index in [4.69, 9.17) is 33.0 Å². The van der Waals surface area contributed by atoms with Crippen LogP contribution >= 0.6 is 23.2 Å². The van der Waals surface area contributed by atoms with Gasteiger partial charge >= 0.3 is 12.1 Å².